The molecule has 6 nitrogen and oxygen atoms in total. The Labute approximate surface area is 148 Å². The fraction of sp³-hybridized carbons (Fsp3) is 0.474. The van der Waals surface area contributed by atoms with Crippen LogP contribution in [0.25, 0.3) is 0 Å². The molecule has 6 heteroatoms. The van der Waals surface area contributed by atoms with Crippen molar-refractivity contribution in [2.75, 3.05) is 19.6 Å². The number of hydrogen-bond acceptors (Lipinski definition) is 4. The predicted molar refractivity (Wildman–Crippen MR) is 96.3 cm³/mol. The molecule has 0 saturated carbocycles. The Bertz CT molecular complexity index is 706. The maximum atomic E-state index is 12.3. The van der Waals surface area contributed by atoms with Crippen LogP contribution in [0.15, 0.2) is 42.7 Å². The van der Waals surface area contributed by atoms with Crippen molar-refractivity contribution in [3.63, 3.8) is 0 Å². The summed E-state index contributed by atoms with van der Waals surface area (Å²) in [6.45, 7) is 8.39. The lowest BCUT2D eigenvalue weighted by Crippen LogP contribution is -2.49. The Hall–Kier alpha value is -2.34. The summed E-state index contributed by atoms with van der Waals surface area (Å²) in [4.78, 5) is 14.1. The predicted octanol–water partition coefficient (Wildman–Crippen LogP) is 2.81. The Morgan fingerprint density at radius 2 is 2.08 bits per heavy atom. The number of aromatic nitrogens is 2. The Kier molecular flexibility index (Phi) is 5.08. The first-order valence-corrected chi connectivity index (χ1v) is 8.68. The molecular weight excluding hydrogens is 316 g/mol. The molecule has 1 aromatic carbocycles. The van der Waals surface area contributed by atoms with Gasteiger partial charge in [0, 0.05) is 31.4 Å². The molecule has 1 unspecified atom stereocenters. The minimum Gasteiger partial charge on any atom is -0.444 e. The van der Waals surface area contributed by atoms with E-state index >= 15 is 0 Å². The normalized spacial score (nSPS) is 18.2. The number of carbonyl (C=O) groups excluding carboxylic acids is 1. The maximum absolute atomic E-state index is 12.3. The molecule has 134 valence electrons. The highest BCUT2D eigenvalue weighted by Crippen LogP contribution is 2.19. The SMILES string of the molecule is CC(C)(C)OC(=O)N1CCNC(c2cnn(Cc3ccccc3)c2)C1. The van der Waals surface area contributed by atoms with E-state index in [1.165, 1.54) is 5.56 Å². The molecule has 1 N–H and O–H groups in total. The summed E-state index contributed by atoms with van der Waals surface area (Å²) in [6.07, 6.45) is 3.67. The van der Waals surface area contributed by atoms with Crippen molar-refractivity contribution in [2.45, 2.75) is 39.0 Å². The third kappa shape index (κ3) is 4.82. The smallest absolute Gasteiger partial charge is 0.410 e. The van der Waals surface area contributed by atoms with E-state index in [2.05, 4.69) is 22.5 Å². The molecule has 0 radical (unpaired) electrons. The average molecular weight is 342 g/mol. The van der Waals surface area contributed by atoms with Crippen molar-refractivity contribution in [3.05, 3.63) is 53.9 Å². The fourth-order valence-electron chi connectivity index (χ4n) is 2.88. The van der Waals surface area contributed by atoms with Gasteiger partial charge >= 0.3 is 6.09 Å². The minimum absolute atomic E-state index is 0.0748. The molecule has 0 bridgehead atoms. The summed E-state index contributed by atoms with van der Waals surface area (Å²) < 4.78 is 7.41. The van der Waals surface area contributed by atoms with Crippen LogP contribution in [0.3, 0.4) is 0 Å². The number of nitrogens with one attached hydrogen (secondary N) is 1. The van der Waals surface area contributed by atoms with E-state index in [9.17, 15) is 4.79 Å². The number of amides is 1. The summed E-state index contributed by atoms with van der Waals surface area (Å²) in [5.74, 6) is 0. The highest BCUT2D eigenvalue weighted by Gasteiger charge is 2.28. The summed E-state index contributed by atoms with van der Waals surface area (Å²) in [5, 5.41) is 7.92. The van der Waals surface area contributed by atoms with Gasteiger partial charge in [0.2, 0.25) is 0 Å². The van der Waals surface area contributed by atoms with Gasteiger partial charge in [0.05, 0.1) is 18.8 Å². The van der Waals surface area contributed by atoms with Gasteiger partial charge in [-0.25, -0.2) is 4.79 Å². The molecule has 1 aliphatic rings. The van der Waals surface area contributed by atoms with Crippen molar-refractivity contribution in [3.8, 4) is 0 Å². The van der Waals surface area contributed by atoms with Crippen LogP contribution < -0.4 is 5.32 Å². The second-order valence-corrected chi connectivity index (χ2v) is 7.39. The van der Waals surface area contributed by atoms with Gasteiger partial charge in [0.25, 0.3) is 0 Å². The largest absolute Gasteiger partial charge is 0.444 e. The van der Waals surface area contributed by atoms with Gasteiger partial charge in [-0.05, 0) is 26.3 Å². The van der Waals surface area contributed by atoms with Gasteiger partial charge in [-0.15, -0.1) is 0 Å². The van der Waals surface area contributed by atoms with Crippen LogP contribution in [0.2, 0.25) is 0 Å². The number of benzene rings is 1. The molecule has 2 aromatic rings. The zero-order valence-electron chi connectivity index (χ0n) is 15.1. The molecule has 0 aliphatic carbocycles. The van der Waals surface area contributed by atoms with E-state index in [4.69, 9.17) is 4.74 Å². The van der Waals surface area contributed by atoms with Crippen LogP contribution >= 0.6 is 0 Å². The van der Waals surface area contributed by atoms with Crippen LogP contribution in [0.1, 0.15) is 37.9 Å². The van der Waals surface area contributed by atoms with Crippen molar-refractivity contribution in [2.24, 2.45) is 0 Å². The number of hydrogen-bond donors (Lipinski definition) is 1. The third-order valence-electron chi connectivity index (χ3n) is 4.07. The summed E-state index contributed by atoms with van der Waals surface area (Å²) in [6, 6.07) is 10.3. The zero-order chi connectivity index (χ0) is 17.9. The van der Waals surface area contributed by atoms with Gasteiger partial charge in [0.15, 0.2) is 0 Å². The van der Waals surface area contributed by atoms with E-state index in [0.717, 1.165) is 18.7 Å². The van der Waals surface area contributed by atoms with Crippen LogP contribution in [0.4, 0.5) is 4.79 Å². The van der Waals surface area contributed by atoms with E-state index in [0.29, 0.717) is 13.1 Å². The molecule has 1 fully saturated rings. The molecule has 1 aromatic heterocycles. The Morgan fingerprint density at radius 1 is 1.32 bits per heavy atom. The van der Waals surface area contributed by atoms with Crippen LogP contribution in [0.5, 0.6) is 0 Å². The Morgan fingerprint density at radius 3 is 2.80 bits per heavy atom. The second kappa shape index (κ2) is 7.27. The van der Waals surface area contributed by atoms with E-state index in [1.54, 1.807) is 4.90 Å². The molecule has 1 saturated heterocycles. The van der Waals surface area contributed by atoms with Crippen molar-refractivity contribution >= 4 is 6.09 Å². The first-order valence-electron chi connectivity index (χ1n) is 8.68. The van der Waals surface area contributed by atoms with Crippen molar-refractivity contribution < 1.29 is 9.53 Å². The standard InChI is InChI=1S/C19H26N4O2/c1-19(2,3)25-18(24)22-10-9-20-17(14-22)16-11-21-23(13-16)12-15-7-5-4-6-8-15/h4-8,11,13,17,20H,9-10,12,14H2,1-3H3. The first-order chi connectivity index (χ1) is 11.9. The summed E-state index contributed by atoms with van der Waals surface area (Å²) >= 11 is 0. The highest BCUT2D eigenvalue weighted by molar-refractivity contribution is 5.68. The maximum Gasteiger partial charge on any atom is 0.410 e. The number of piperazine rings is 1. The van der Waals surface area contributed by atoms with Gasteiger partial charge in [-0.2, -0.15) is 5.10 Å². The van der Waals surface area contributed by atoms with Gasteiger partial charge in [-0.3, -0.25) is 4.68 Å². The monoisotopic (exact) mass is 342 g/mol. The lowest BCUT2D eigenvalue weighted by molar-refractivity contribution is 0.0195. The summed E-state index contributed by atoms with van der Waals surface area (Å²) in [5.41, 5.74) is 1.83. The number of carbonyl (C=O) groups is 1. The number of ether oxygens (including phenoxy) is 1. The molecule has 1 aliphatic heterocycles. The lowest BCUT2D eigenvalue weighted by Gasteiger charge is -2.34. The lowest BCUT2D eigenvalue weighted by atomic mass is 10.1. The van der Waals surface area contributed by atoms with Gasteiger partial charge in [-0.1, -0.05) is 30.3 Å². The average Bonchev–Trinajstić information content (AvgIpc) is 3.03. The molecule has 3 rings (SSSR count). The Balaban J connectivity index is 1.63. The van der Waals surface area contributed by atoms with E-state index in [1.807, 2.05) is 56.0 Å². The van der Waals surface area contributed by atoms with Crippen molar-refractivity contribution in [1.82, 2.24) is 20.0 Å². The summed E-state index contributed by atoms with van der Waals surface area (Å²) in [7, 11) is 0. The van der Waals surface area contributed by atoms with Crippen LogP contribution in [0, 0.1) is 0 Å². The minimum atomic E-state index is -0.474. The molecule has 1 amide bonds. The molecular formula is C19H26N4O2. The zero-order valence-corrected chi connectivity index (χ0v) is 15.1. The van der Waals surface area contributed by atoms with E-state index in [-0.39, 0.29) is 12.1 Å². The second-order valence-electron chi connectivity index (χ2n) is 7.39. The van der Waals surface area contributed by atoms with Crippen molar-refractivity contribution in [1.29, 1.82) is 0 Å². The topological polar surface area (TPSA) is 59.4 Å². The van der Waals surface area contributed by atoms with Crippen LogP contribution in [-0.2, 0) is 11.3 Å². The third-order valence-corrected chi connectivity index (χ3v) is 4.07. The van der Waals surface area contributed by atoms with Gasteiger partial charge in [0.1, 0.15) is 5.60 Å². The fourth-order valence-corrected chi connectivity index (χ4v) is 2.88. The first kappa shape index (κ1) is 17.5. The molecule has 1 atom stereocenters. The molecule has 25 heavy (non-hydrogen) atoms. The van der Waals surface area contributed by atoms with Crippen LogP contribution in [-0.4, -0.2) is 46.0 Å². The quantitative estimate of drug-likeness (QED) is 0.932. The molecule has 0 spiro atoms. The highest BCUT2D eigenvalue weighted by atomic mass is 16.6. The van der Waals surface area contributed by atoms with E-state index < -0.39 is 5.60 Å². The molecule has 2 heterocycles. The number of nitrogens with zero attached hydrogens (tertiary/aromatic N) is 3. The van der Waals surface area contributed by atoms with Gasteiger partial charge < -0.3 is 15.0 Å². The number of rotatable bonds is 3.